The van der Waals surface area contributed by atoms with Crippen molar-refractivity contribution in [3.63, 3.8) is 0 Å². The molecule has 0 atom stereocenters. The average molecular weight is 375 g/mol. The number of hydrogen-bond acceptors (Lipinski definition) is 2. The second kappa shape index (κ2) is 6.03. The third kappa shape index (κ3) is 3.03. The van der Waals surface area contributed by atoms with Crippen molar-refractivity contribution in [1.29, 1.82) is 0 Å². The van der Waals surface area contributed by atoms with Gasteiger partial charge in [-0.05, 0) is 46.6 Å². The van der Waals surface area contributed by atoms with Crippen LogP contribution >= 0.6 is 28.1 Å². The lowest BCUT2D eigenvalue weighted by Gasteiger charge is -2.13. The largest absolute Gasteiger partial charge is 0.389 e. The van der Waals surface area contributed by atoms with Gasteiger partial charge in [0.1, 0.15) is 16.5 Å². The second-order valence-corrected chi connectivity index (χ2v) is 5.56. The Bertz CT molecular complexity index is 735. The second-order valence-electron chi connectivity index (χ2n) is 4.33. The topological polar surface area (TPSA) is 38.0 Å². The molecular formula is C14H10BrF3N2S. The van der Waals surface area contributed by atoms with Crippen LogP contribution in [0.15, 0.2) is 28.7 Å². The van der Waals surface area contributed by atoms with Gasteiger partial charge in [-0.15, -0.1) is 0 Å². The van der Waals surface area contributed by atoms with E-state index in [-0.39, 0.29) is 20.7 Å². The summed E-state index contributed by atoms with van der Waals surface area (Å²) >= 11 is 7.81. The highest BCUT2D eigenvalue weighted by Gasteiger charge is 2.17. The van der Waals surface area contributed by atoms with E-state index in [1.807, 2.05) is 0 Å². The Labute approximate surface area is 133 Å². The first-order valence-corrected chi connectivity index (χ1v) is 7.02. The number of aryl methyl sites for hydroxylation is 1. The van der Waals surface area contributed by atoms with Crippen molar-refractivity contribution < 1.29 is 13.2 Å². The Kier molecular flexibility index (Phi) is 4.53. The maximum atomic E-state index is 14.2. The number of anilines is 2. The molecule has 0 aromatic heterocycles. The predicted octanol–water partition coefficient (Wildman–Crippen LogP) is 4.55. The van der Waals surface area contributed by atoms with Gasteiger partial charge in [-0.2, -0.15) is 0 Å². The van der Waals surface area contributed by atoms with Crippen molar-refractivity contribution >= 4 is 44.5 Å². The molecule has 2 aromatic carbocycles. The molecule has 110 valence electrons. The Hall–Kier alpha value is -1.60. The summed E-state index contributed by atoms with van der Waals surface area (Å²) in [6, 6.07) is 5.19. The molecule has 0 fully saturated rings. The quantitative estimate of drug-likeness (QED) is 0.773. The van der Waals surface area contributed by atoms with Crippen LogP contribution in [0.5, 0.6) is 0 Å². The van der Waals surface area contributed by atoms with Crippen molar-refractivity contribution in [2.75, 3.05) is 5.32 Å². The fourth-order valence-corrected chi connectivity index (χ4v) is 2.60. The summed E-state index contributed by atoms with van der Waals surface area (Å²) in [6.07, 6.45) is 0. The Balaban J connectivity index is 2.49. The predicted molar refractivity (Wildman–Crippen MR) is 84.4 cm³/mol. The third-order valence-corrected chi connectivity index (χ3v) is 3.89. The van der Waals surface area contributed by atoms with E-state index in [0.717, 1.165) is 6.07 Å². The number of nitrogens with one attached hydrogen (secondary N) is 1. The molecule has 2 aromatic rings. The van der Waals surface area contributed by atoms with Crippen molar-refractivity contribution in [2.24, 2.45) is 5.73 Å². The first-order valence-electron chi connectivity index (χ1n) is 5.82. The molecule has 2 rings (SSSR count). The van der Waals surface area contributed by atoms with E-state index in [1.54, 1.807) is 0 Å². The van der Waals surface area contributed by atoms with Crippen molar-refractivity contribution in [1.82, 2.24) is 0 Å². The summed E-state index contributed by atoms with van der Waals surface area (Å²) < 4.78 is 41.8. The van der Waals surface area contributed by atoms with E-state index in [2.05, 4.69) is 21.2 Å². The van der Waals surface area contributed by atoms with E-state index in [9.17, 15) is 13.2 Å². The first kappa shape index (κ1) is 15.8. The molecule has 0 saturated heterocycles. The molecule has 0 aliphatic rings. The molecule has 0 amide bonds. The summed E-state index contributed by atoms with van der Waals surface area (Å²) in [5, 5.41) is 2.42. The monoisotopic (exact) mass is 374 g/mol. The number of benzene rings is 2. The van der Waals surface area contributed by atoms with Crippen LogP contribution in [0, 0.1) is 24.4 Å². The minimum atomic E-state index is -0.813. The summed E-state index contributed by atoms with van der Waals surface area (Å²) in [5.41, 5.74) is 5.50. The SMILES string of the molecule is Cc1ccc(F)c(Nc2ccc(C(N)=S)c(Br)c2F)c1F. The van der Waals surface area contributed by atoms with Crippen LogP contribution in [0.4, 0.5) is 24.5 Å². The van der Waals surface area contributed by atoms with Gasteiger partial charge in [-0.25, -0.2) is 13.2 Å². The van der Waals surface area contributed by atoms with Crippen LogP contribution in [0.1, 0.15) is 11.1 Å². The molecule has 0 radical (unpaired) electrons. The standard InChI is InChI=1S/C14H10BrF3N2S/c1-6-2-4-8(16)13(11(6)17)20-9-5-3-7(14(19)21)10(15)12(9)18/h2-5,20H,1H3,(H2,19,21). The fourth-order valence-electron chi connectivity index (χ4n) is 1.74. The first-order chi connectivity index (χ1) is 9.82. The lowest BCUT2D eigenvalue weighted by Crippen LogP contribution is -2.11. The molecule has 3 N–H and O–H groups in total. The zero-order chi connectivity index (χ0) is 15.7. The molecule has 0 aliphatic carbocycles. The van der Waals surface area contributed by atoms with Crippen LogP contribution < -0.4 is 11.1 Å². The van der Waals surface area contributed by atoms with Crippen molar-refractivity contribution in [3.8, 4) is 0 Å². The van der Waals surface area contributed by atoms with E-state index in [0.29, 0.717) is 5.56 Å². The van der Waals surface area contributed by atoms with Gasteiger partial charge in [0.05, 0.1) is 10.2 Å². The van der Waals surface area contributed by atoms with Gasteiger partial charge in [0.2, 0.25) is 0 Å². The van der Waals surface area contributed by atoms with Gasteiger partial charge in [-0.3, -0.25) is 0 Å². The maximum Gasteiger partial charge on any atom is 0.161 e. The van der Waals surface area contributed by atoms with Gasteiger partial charge >= 0.3 is 0 Å². The van der Waals surface area contributed by atoms with Crippen LogP contribution in [0.2, 0.25) is 0 Å². The van der Waals surface area contributed by atoms with Gasteiger partial charge in [0, 0.05) is 5.56 Å². The molecule has 0 unspecified atom stereocenters. The Morgan fingerprint density at radius 1 is 1.14 bits per heavy atom. The maximum absolute atomic E-state index is 14.2. The van der Waals surface area contributed by atoms with E-state index < -0.39 is 23.1 Å². The smallest absolute Gasteiger partial charge is 0.161 e. The molecule has 0 aliphatic heterocycles. The van der Waals surface area contributed by atoms with E-state index >= 15 is 0 Å². The van der Waals surface area contributed by atoms with E-state index in [4.69, 9.17) is 18.0 Å². The van der Waals surface area contributed by atoms with Crippen LogP contribution in [-0.4, -0.2) is 4.99 Å². The van der Waals surface area contributed by atoms with Crippen LogP contribution in [-0.2, 0) is 0 Å². The minimum absolute atomic E-state index is 0.0141. The van der Waals surface area contributed by atoms with Gasteiger partial charge in [0.15, 0.2) is 11.6 Å². The van der Waals surface area contributed by atoms with Crippen molar-refractivity contribution in [3.05, 3.63) is 57.3 Å². The van der Waals surface area contributed by atoms with Gasteiger partial charge in [0.25, 0.3) is 0 Å². The molecular weight excluding hydrogens is 365 g/mol. The molecule has 7 heteroatoms. The third-order valence-electron chi connectivity index (χ3n) is 2.89. The summed E-state index contributed by atoms with van der Waals surface area (Å²) in [5.74, 6) is -2.32. The molecule has 0 saturated carbocycles. The summed E-state index contributed by atoms with van der Waals surface area (Å²) in [6.45, 7) is 1.49. The van der Waals surface area contributed by atoms with Gasteiger partial charge < -0.3 is 11.1 Å². The fraction of sp³-hybridized carbons (Fsp3) is 0.0714. The van der Waals surface area contributed by atoms with Crippen LogP contribution in [0.25, 0.3) is 0 Å². The summed E-state index contributed by atoms with van der Waals surface area (Å²) in [4.78, 5) is 0.0141. The van der Waals surface area contributed by atoms with E-state index in [1.165, 1.54) is 25.1 Å². The number of nitrogens with two attached hydrogens (primary N) is 1. The Morgan fingerprint density at radius 2 is 1.81 bits per heavy atom. The highest BCUT2D eigenvalue weighted by Crippen LogP contribution is 2.31. The molecule has 0 spiro atoms. The highest BCUT2D eigenvalue weighted by molar-refractivity contribution is 9.10. The number of rotatable bonds is 3. The lowest BCUT2D eigenvalue weighted by molar-refractivity contribution is 0.583. The number of halogens is 4. The normalized spacial score (nSPS) is 10.5. The molecule has 21 heavy (non-hydrogen) atoms. The molecule has 0 bridgehead atoms. The molecule has 0 heterocycles. The average Bonchev–Trinajstić information content (AvgIpc) is 2.43. The highest BCUT2D eigenvalue weighted by atomic mass is 79.9. The van der Waals surface area contributed by atoms with Crippen molar-refractivity contribution in [2.45, 2.75) is 6.92 Å². The Morgan fingerprint density at radius 3 is 2.43 bits per heavy atom. The number of hydrogen-bond donors (Lipinski definition) is 2. The zero-order valence-electron chi connectivity index (χ0n) is 10.8. The zero-order valence-corrected chi connectivity index (χ0v) is 13.2. The number of thiocarbonyl (C=S) groups is 1. The summed E-state index contributed by atoms with van der Waals surface area (Å²) in [7, 11) is 0. The lowest BCUT2D eigenvalue weighted by atomic mass is 10.1. The van der Waals surface area contributed by atoms with Crippen LogP contribution in [0.3, 0.4) is 0 Å². The minimum Gasteiger partial charge on any atom is -0.389 e. The van der Waals surface area contributed by atoms with Gasteiger partial charge in [-0.1, -0.05) is 18.3 Å². The molecule has 2 nitrogen and oxygen atoms in total.